The van der Waals surface area contributed by atoms with Crippen LogP contribution in [0.2, 0.25) is 0 Å². The first-order valence-corrected chi connectivity index (χ1v) is 10.5. The first-order valence-electron chi connectivity index (χ1n) is 9.65. The lowest BCUT2D eigenvalue weighted by atomic mass is 10.0. The summed E-state index contributed by atoms with van der Waals surface area (Å²) in [5, 5.41) is 0. The third kappa shape index (κ3) is 3.82. The van der Waals surface area contributed by atoms with Gasteiger partial charge in [0.15, 0.2) is 11.5 Å². The third-order valence-corrected chi connectivity index (χ3v) is 6.64. The number of thiophene rings is 1. The van der Waals surface area contributed by atoms with E-state index in [0.29, 0.717) is 19.3 Å². The third-order valence-electron chi connectivity index (χ3n) is 5.52. The van der Waals surface area contributed by atoms with Crippen molar-refractivity contribution in [2.24, 2.45) is 0 Å². The lowest BCUT2D eigenvalue weighted by Crippen LogP contribution is -2.45. The summed E-state index contributed by atoms with van der Waals surface area (Å²) in [4.78, 5) is 19.2. The van der Waals surface area contributed by atoms with E-state index in [4.69, 9.17) is 9.47 Å². The topological polar surface area (TPSA) is 42.0 Å². The van der Waals surface area contributed by atoms with Crippen molar-refractivity contribution in [3.63, 3.8) is 0 Å². The van der Waals surface area contributed by atoms with Gasteiger partial charge in [0.25, 0.3) is 5.91 Å². The minimum atomic E-state index is 0.124. The van der Waals surface area contributed by atoms with Crippen molar-refractivity contribution in [2.45, 2.75) is 25.8 Å². The number of hydrogen-bond acceptors (Lipinski definition) is 5. The molecule has 0 bridgehead atoms. The van der Waals surface area contributed by atoms with E-state index in [-0.39, 0.29) is 5.91 Å². The van der Waals surface area contributed by atoms with Crippen LogP contribution in [0.25, 0.3) is 10.4 Å². The number of piperidine rings is 1. The maximum Gasteiger partial charge on any atom is 0.263 e. The fraction of sp³-hybridized carbons (Fsp3) is 0.476. The molecule has 0 aliphatic carbocycles. The number of rotatable bonds is 4. The maximum atomic E-state index is 13.0. The summed E-state index contributed by atoms with van der Waals surface area (Å²) in [5.41, 5.74) is 1.06. The summed E-state index contributed by atoms with van der Waals surface area (Å²) in [5.74, 6) is 1.69. The molecule has 0 N–H and O–H groups in total. The van der Waals surface area contributed by atoms with Crippen LogP contribution >= 0.6 is 11.3 Å². The molecule has 2 aliphatic heterocycles. The molecule has 3 heterocycles. The van der Waals surface area contributed by atoms with E-state index in [2.05, 4.69) is 11.8 Å². The molecule has 1 aromatic heterocycles. The monoisotopic (exact) mass is 386 g/mol. The van der Waals surface area contributed by atoms with Gasteiger partial charge in [0.05, 0.1) is 4.88 Å². The Morgan fingerprint density at radius 2 is 1.89 bits per heavy atom. The largest absolute Gasteiger partial charge is 0.486 e. The second kappa shape index (κ2) is 7.90. The van der Waals surface area contributed by atoms with Gasteiger partial charge in [0.2, 0.25) is 0 Å². The molecule has 27 heavy (non-hydrogen) atoms. The first kappa shape index (κ1) is 18.3. The van der Waals surface area contributed by atoms with Crippen molar-refractivity contribution in [3.8, 4) is 21.9 Å². The van der Waals surface area contributed by atoms with Crippen LogP contribution in [0.5, 0.6) is 11.5 Å². The number of carbonyl (C=O) groups is 1. The quantitative estimate of drug-likeness (QED) is 0.803. The zero-order valence-electron chi connectivity index (χ0n) is 15.9. The Bertz CT molecular complexity index is 812. The molecule has 5 nitrogen and oxygen atoms in total. The smallest absolute Gasteiger partial charge is 0.263 e. The molecular formula is C21H26N2O3S. The Morgan fingerprint density at radius 3 is 2.63 bits per heavy atom. The van der Waals surface area contributed by atoms with Crippen LogP contribution in [0.1, 0.15) is 29.4 Å². The summed E-state index contributed by atoms with van der Waals surface area (Å²) in [6, 6.07) is 10.3. The summed E-state index contributed by atoms with van der Waals surface area (Å²) >= 11 is 1.54. The van der Waals surface area contributed by atoms with Crippen molar-refractivity contribution in [1.29, 1.82) is 0 Å². The van der Waals surface area contributed by atoms with Crippen molar-refractivity contribution >= 4 is 17.2 Å². The van der Waals surface area contributed by atoms with E-state index >= 15 is 0 Å². The van der Waals surface area contributed by atoms with Crippen molar-refractivity contribution in [2.75, 3.05) is 39.9 Å². The summed E-state index contributed by atoms with van der Waals surface area (Å²) < 4.78 is 11.3. The molecule has 0 unspecified atom stereocenters. The van der Waals surface area contributed by atoms with E-state index in [9.17, 15) is 4.79 Å². The summed E-state index contributed by atoms with van der Waals surface area (Å²) in [6.45, 7) is 6.60. The average molecular weight is 387 g/mol. The SMILES string of the molecule is CCN1CCC(N(C)C(=O)c2ccc(-c3ccc4c(c3)OCCO4)s2)CC1. The van der Waals surface area contributed by atoms with Crippen LogP contribution in [0.3, 0.4) is 0 Å². The van der Waals surface area contributed by atoms with Gasteiger partial charge in [-0.15, -0.1) is 11.3 Å². The van der Waals surface area contributed by atoms with Crippen LogP contribution in [0, 0.1) is 0 Å². The van der Waals surface area contributed by atoms with Gasteiger partial charge in [-0.1, -0.05) is 6.92 Å². The van der Waals surface area contributed by atoms with E-state index in [0.717, 1.165) is 59.3 Å². The molecule has 2 aliphatic rings. The highest BCUT2D eigenvalue weighted by molar-refractivity contribution is 7.17. The number of likely N-dealkylation sites (tertiary alicyclic amines) is 1. The molecular weight excluding hydrogens is 360 g/mol. The molecule has 1 fully saturated rings. The molecule has 144 valence electrons. The van der Waals surface area contributed by atoms with Gasteiger partial charge < -0.3 is 19.3 Å². The molecule has 4 rings (SSSR count). The van der Waals surface area contributed by atoms with Crippen molar-refractivity contribution < 1.29 is 14.3 Å². The number of hydrogen-bond donors (Lipinski definition) is 0. The molecule has 1 amide bonds. The second-order valence-electron chi connectivity index (χ2n) is 7.10. The number of ether oxygens (including phenoxy) is 2. The van der Waals surface area contributed by atoms with Crippen LogP contribution in [0.4, 0.5) is 0 Å². The fourth-order valence-corrected chi connectivity index (χ4v) is 4.75. The van der Waals surface area contributed by atoms with Gasteiger partial charge in [-0.05, 0) is 55.3 Å². The Labute approximate surface area is 164 Å². The van der Waals surface area contributed by atoms with Gasteiger partial charge in [0, 0.05) is 31.1 Å². The average Bonchev–Trinajstić information content (AvgIpc) is 3.22. The normalized spacial score (nSPS) is 17.7. The highest BCUT2D eigenvalue weighted by Crippen LogP contribution is 2.37. The second-order valence-corrected chi connectivity index (χ2v) is 8.19. The molecule has 0 atom stereocenters. The van der Waals surface area contributed by atoms with E-state index < -0.39 is 0 Å². The van der Waals surface area contributed by atoms with Crippen LogP contribution in [-0.4, -0.2) is 61.6 Å². The zero-order valence-corrected chi connectivity index (χ0v) is 16.8. The standard InChI is InChI=1S/C21H26N2O3S/c1-3-23-10-8-16(9-11-23)22(2)21(24)20-7-6-19(27-20)15-4-5-17-18(14-15)26-13-12-25-17/h4-7,14,16H,3,8-13H2,1-2H3. The highest BCUT2D eigenvalue weighted by atomic mass is 32.1. The number of fused-ring (bicyclic) bond motifs is 1. The zero-order chi connectivity index (χ0) is 18.8. The molecule has 0 spiro atoms. The Balaban J connectivity index is 1.46. The van der Waals surface area contributed by atoms with Crippen molar-refractivity contribution in [1.82, 2.24) is 9.80 Å². The van der Waals surface area contributed by atoms with Gasteiger partial charge >= 0.3 is 0 Å². The molecule has 0 radical (unpaired) electrons. The predicted octanol–water partition coefficient (Wildman–Crippen LogP) is 3.74. The van der Waals surface area contributed by atoms with Crippen LogP contribution in [0.15, 0.2) is 30.3 Å². The van der Waals surface area contributed by atoms with E-state index in [1.54, 1.807) is 11.3 Å². The Morgan fingerprint density at radius 1 is 1.15 bits per heavy atom. The summed E-state index contributed by atoms with van der Waals surface area (Å²) in [6.07, 6.45) is 2.10. The predicted molar refractivity (Wildman–Crippen MR) is 108 cm³/mol. The van der Waals surface area contributed by atoms with Crippen LogP contribution in [-0.2, 0) is 0 Å². The van der Waals surface area contributed by atoms with Crippen LogP contribution < -0.4 is 9.47 Å². The number of benzene rings is 1. The van der Waals surface area contributed by atoms with Crippen molar-refractivity contribution in [3.05, 3.63) is 35.2 Å². The summed E-state index contributed by atoms with van der Waals surface area (Å²) in [7, 11) is 1.94. The lowest BCUT2D eigenvalue weighted by molar-refractivity contribution is 0.0651. The Hall–Kier alpha value is -2.05. The van der Waals surface area contributed by atoms with E-state index in [1.807, 2.05) is 42.3 Å². The van der Waals surface area contributed by atoms with Gasteiger partial charge in [-0.3, -0.25) is 4.79 Å². The minimum absolute atomic E-state index is 0.124. The Kier molecular flexibility index (Phi) is 5.36. The fourth-order valence-electron chi connectivity index (χ4n) is 3.77. The molecule has 2 aromatic rings. The van der Waals surface area contributed by atoms with Gasteiger partial charge in [-0.2, -0.15) is 0 Å². The van der Waals surface area contributed by atoms with Gasteiger partial charge in [-0.25, -0.2) is 0 Å². The molecule has 1 saturated heterocycles. The number of amides is 1. The maximum absolute atomic E-state index is 13.0. The lowest BCUT2D eigenvalue weighted by Gasteiger charge is -2.36. The number of nitrogens with zero attached hydrogens (tertiary/aromatic N) is 2. The molecule has 1 aromatic carbocycles. The number of carbonyl (C=O) groups excluding carboxylic acids is 1. The van der Waals surface area contributed by atoms with E-state index in [1.165, 1.54) is 0 Å². The van der Waals surface area contributed by atoms with Gasteiger partial charge in [0.1, 0.15) is 13.2 Å². The minimum Gasteiger partial charge on any atom is -0.486 e. The molecule has 0 saturated carbocycles. The molecule has 6 heteroatoms. The first-order chi connectivity index (χ1) is 13.2. The highest BCUT2D eigenvalue weighted by Gasteiger charge is 2.26.